The van der Waals surface area contributed by atoms with E-state index in [0.717, 1.165) is 12.8 Å². The SMILES string of the molecule is C=C1/C=C/[C@H](C(=C)C)CC/C(C)=C/CC1. The van der Waals surface area contributed by atoms with Crippen molar-refractivity contribution in [3.8, 4) is 0 Å². The van der Waals surface area contributed by atoms with Gasteiger partial charge in [-0.05, 0) is 45.4 Å². The van der Waals surface area contributed by atoms with Gasteiger partial charge in [0.2, 0.25) is 0 Å². The molecule has 0 aromatic rings. The number of hydrogen-bond donors (Lipinski definition) is 0. The summed E-state index contributed by atoms with van der Waals surface area (Å²) in [6.07, 6.45) is 11.4. The van der Waals surface area contributed by atoms with E-state index in [-0.39, 0.29) is 0 Å². The second-order valence-corrected chi connectivity index (χ2v) is 4.60. The van der Waals surface area contributed by atoms with Crippen molar-refractivity contribution in [1.82, 2.24) is 0 Å². The summed E-state index contributed by atoms with van der Waals surface area (Å²) in [6.45, 7) is 12.5. The first-order valence-corrected chi connectivity index (χ1v) is 5.76. The Labute approximate surface area is 94.1 Å². The molecule has 0 aromatic carbocycles. The second-order valence-electron chi connectivity index (χ2n) is 4.60. The van der Waals surface area contributed by atoms with E-state index < -0.39 is 0 Å². The van der Waals surface area contributed by atoms with Crippen molar-refractivity contribution in [1.29, 1.82) is 0 Å². The highest BCUT2D eigenvalue weighted by Gasteiger charge is 2.07. The number of rotatable bonds is 1. The fraction of sp³-hybridized carbons (Fsp3) is 0.467. The molecule has 1 aliphatic rings. The highest BCUT2D eigenvalue weighted by Crippen LogP contribution is 2.22. The molecule has 0 aliphatic heterocycles. The Morgan fingerprint density at radius 3 is 2.80 bits per heavy atom. The minimum absolute atomic E-state index is 0.517. The van der Waals surface area contributed by atoms with Gasteiger partial charge in [0.25, 0.3) is 0 Å². The number of hydrogen-bond acceptors (Lipinski definition) is 0. The van der Waals surface area contributed by atoms with Crippen molar-refractivity contribution >= 4 is 0 Å². The summed E-state index contributed by atoms with van der Waals surface area (Å²) in [6, 6.07) is 0. The van der Waals surface area contributed by atoms with E-state index in [9.17, 15) is 0 Å². The van der Waals surface area contributed by atoms with E-state index in [2.05, 4.69) is 45.2 Å². The van der Waals surface area contributed by atoms with Crippen molar-refractivity contribution in [2.75, 3.05) is 0 Å². The Morgan fingerprint density at radius 1 is 1.40 bits per heavy atom. The Kier molecular flexibility index (Phi) is 4.61. The molecule has 82 valence electrons. The van der Waals surface area contributed by atoms with Crippen LogP contribution in [-0.2, 0) is 0 Å². The van der Waals surface area contributed by atoms with Crippen LogP contribution in [0.4, 0.5) is 0 Å². The van der Waals surface area contributed by atoms with Gasteiger partial charge in [-0.2, -0.15) is 0 Å². The predicted octanol–water partition coefficient (Wildman–Crippen LogP) is 4.81. The van der Waals surface area contributed by atoms with Crippen LogP contribution < -0.4 is 0 Å². The normalized spacial score (nSPS) is 29.1. The van der Waals surface area contributed by atoms with E-state index in [1.165, 1.54) is 29.6 Å². The van der Waals surface area contributed by atoms with Crippen molar-refractivity contribution in [2.24, 2.45) is 5.92 Å². The van der Waals surface area contributed by atoms with Crippen LogP contribution in [-0.4, -0.2) is 0 Å². The minimum Gasteiger partial charge on any atom is -0.0995 e. The van der Waals surface area contributed by atoms with Gasteiger partial charge in [-0.1, -0.05) is 48.1 Å². The molecule has 0 N–H and O–H groups in total. The Hall–Kier alpha value is -1.04. The van der Waals surface area contributed by atoms with Gasteiger partial charge in [-0.3, -0.25) is 0 Å². The Bertz CT molecular complexity index is 302. The molecule has 0 heteroatoms. The summed E-state index contributed by atoms with van der Waals surface area (Å²) in [5.41, 5.74) is 3.99. The topological polar surface area (TPSA) is 0 Å². The van der Waals surface area contributed by atoms with Crippen LogP contribution in [0.25, 0.3) is 0 Å². The largest absolute Gasteiger partial charge is 0.0995 e. The molecule has 0 amide bonds. The third kappa shape index (κ3) is 4.33. The molecule has 1 rings (SSSR count). The molecule has 0 spiro atoms. The first kappa shape index (κ1) is 12.0. The molecular formula is C15H22. The fourth-order valence-electron chi connectivity index (χ4n) is 1.83. The smallest absolute Gasteiger partial charge is 0.00225 e. The van der Waals surface area contributed by atoms with Crippen molar-refractivity contribution in [3.05, 3.63) is 48.1 Å². The maximum absolute atomic E-state index is 4.06. The average molecular weight is 202 g/mol. The standard InChI is InChI=1S/C15H22/c1-12(2)15-10-8-13(3)6-5-7-14(4)9-11-15/h7-8,10,15H,1,3,5-6,9,11H2,2,4H3/b10-8+,14-7+/t15-/m0/s1. The molecule has 1 aliphatic carbocycles. The molecule has 0 heterocycles. The van der Waals surface area contributed by atoms with Crippen LogP contribution in [0.2, 0.25) is 0 Å². The predicted molar refractivity (Wildman–Crippen MR) is 68.8 cm³/mol. The third-order valence-corrected chi connectivity index (χ3v) is 3.01. The zero-order valence-electron chi connectivity index (χ0n) is 10.1. The fourth-order valence-corrected chi connectivity index (χ4v) is 1.83. The molecule has 0 fully saturated rings. The summed E-state index contributed by atoms with van der Waals surface area (Å²) >= 11 is 0. The average Bonchev–Trinajstić information content (AvgIpc) is 2.16. The first-order valence-electron chi connectivity index (χ1n) is 5.76. The molecule has 15 heavy (non-hydrogen) atoms. The van der Waals surface area contributed by atoms with Gasteiger partial charge in [-0.25, -0.2) is 0 Å². The highest BCUT2D eigenvalue weighted by molar-refractivity contribution is 5.20. The van der Waals surface area contributed by atoms with Gasteiger partial charge in [0, 0.05) is 0 Å². The van der Waals surface area contributed by atoms with Crippen LogP contribution in [0.3, 0.4) is 0 Å². The zero-order valence-corrected chi connectivity index (χ0v) is 10.1. The molecule has 0 nitrogen and oxygen atoms in total. The van der Waals surface area contributed by atoms with Gasteiger partial charge in [0.1, 0.15) is 0 Å². The summed E-state index contributed by atoms with van der Waals surface area (Å²) in [7, 11) is 0. The van der Waals surface area contributed by atoms with Gasteiger partial charge in [-0.15, -0.1) is 0 Å². The van der Waals surface area contributed by atoms with Crippen molar-refractivity contribution in [2.45, 2.75) is 39.5 Å². The lowest BCUT2D eigenvalue weighted by atomic mass is 9.91. The van der Waals surface area contributed by atoms with Crippen LogP contribution in [0, 0.1) is 5.92 Å². The van der Waals surface area contributed by atoms with E-state index in [0.29, 0.717) is 5.92 Å². The molecule has 0 saturated heterocycles. The Balaban J connectivity index is 2.74. The zero-order chi connectivity index (χ0) is 11.3. The van der Waals surface area contributed by atoms with Crippen LogP contribution in [0.15, 0.2) is 48.1 Å². The van der Waals surface area contributed by atoms with Crippen molar-refractivity contribution < 1.29 is 0 Å². The van der Waals surface area contributed by atoms with E-state index >= 15 is 0 Å². The van der Waals surface area contributed by atoms with E-state index in [1.807, 2.05) is 0 Å². The molecule has 0 radical (unpaired) electrons. The summed E-state index contributed by atoms with van der Waals surface area (Å²) < 4.78 is 0. The van der Waals surface area contributed by atoms with Gasteiger partial charge in [0.15, 0.2) is 0 Å². The molecule has 0 unspecified atom stereocenters. The molecule has 0 aromatic heterocycles. The molecule has 0 bridgehead atoms. The first-order chi connectivity index (χ1) is 7.09. The molecule has 0 saturated carbocycles. The Morgan fingerprint density at radius 2 is 2.13 bits per heavy atom. The summed E-state index contributed by atoms with van der Waals surface area (Å²) in [4.78, 5) is 0. The quantitative estimate of drug-likeness (QED) is 0.535. The maximum atomic E-state index is 4.06. The van der Waals surface area contributed by atoms with Gasteiger partial charge >= 0.3 is 0 Å². The monoisotopic (exact) mass is 202 g/mol. The molecular weight excluding hydrogens is 180 g/mol. The lowest BCUT2D eigenvalue weighted by Crippen LogP contribution is -1.99. The van der Waals surface area contributed by atoms with Crippen LogP contribution in [0.5, 0.6) is 0 Å². The lowest BCUT2D eigenvalue weighted by Gasteiger charge is -2.14. The van der Waals surface area contributed by atoms with E-state index in [1.54, 1.807) is 0 Å². The lowest BCUT2D eigenvalue weighted by molar-refractivity contribution is 0.666. The minimum atomic E-state index is 0.517. The second kappa shape index (κ2) is 5.75. The van der Waals surface area contributed by atoms with Gasteiger partial charge in [0.05, 0.1) is 0 Å². The number of allylic oxidation sites excluding steroid dienone is 6. The van der Waals surface area contributed by atoms with Crippen molar-refractivity contribution in [3.63, 3.8) is 0 Å². The molecule has 1 atom stereocenters. The summed E-state index contributed by atoms with van der Waals surface area (Å²) in [5, 5.41) is 0. The van der Waals surface area contributed by atoms with E-state index in [4.69, 9.17) is 0 Å². The van der Waals surface area contributed by atoms with Gasteiger partial charge < -0.3 is 0 Å². The summed E-state index contributed by atoms with van der Waals surface area (Å²) in [5.74, 6) is 0.517. The highest BCUT2D eigenvalue weighted by atomic mass is 14.1. The van der Waals surface area contributed by atoms with Crippen LogP contribution in [0.1, 0.15) is 39.5 Å². The third-order valence-electron chi connectivity index (χ3n) is 3.01. The maximum Gasteiger partial charge on any atom is -0.00225 e. The van der Waals surface area contributed by atoms with Crippen LogP contribution >= 0.6 is 0 Å².